The normalized spacial score (nSPS) is 37.5. The van der Waals surface area contributed by atoms with Crippen molar-refractivity contribution in [2.75, 3.05) is 46.4 Å². The lowest BCUT2D eigenvalue weighted by atomic mass is 9.68. The van der Waals surface area contributed by atoms with Crippen molar-refractivity contribution in [3.05, 3.63) is 11.6 Å². The number of nitrogens with zero attached hydrogens (tertiary/aromatic N) is 2. The van der Waals surface area contributed by atoms with Crippen molar-refractivity contribution in [3.63, 3.8) is 0 Å². The van der Waals surface area contributed by atoms with Crippen LogP contribution in [0.3, 0.4) is 0 Å². The van der Waals surface area contributed by atoms with Crippen molar-refractivity contribution >= 4 is 6.09 Å². The lowest BCUT2D eigenvalue weighted by molar-refractivity contribution is -0.124. The molecule has 4 heterocycles. The fourth-order valence-electron chi connectivity index (χ4n) is 7.47. The van der Waals surface area contributed by atoms with Crippen molar-refractivity contribution in [2.24, 2.45) is 17.8 Å². The fourth-order valence-corrected chi connectivity index (χ4v) is 7.47. The second-order valence-corrected chi connectivity index (χ2v) is 13.4. The van der Waals surface area contributed by atoms with E-state index in [2.05, 4.69) is 26.8 Å². The van der Waals surface area contributed by atoms with E-state index in [0.29, 0.717) is 18.4 Å². The molecule has 39 heavy (non-hydrogen) atoms. The van der Waals surface area contributed by atoms with E-state index in [1.165, 1.54) is 5.57 Å². The number of alkyl halides is 2. The molecule has 5 aliphatic rings. The van der Waals surface area contributed by atoms with E-state index in [1.54, 1.807) is 7.11 Å². The molecule has 0 aromatic rings. The molecule has 0 aromatic carbocycles. The third-order valence-corrected chi connectivity index (χ3v) is 9.90. The van der Waals surface area contributed by atoms with Crippen molar-refractivity contribution in [3.8, 4) is 0 Å². The zero-order valence-electron chi connectivity index (χ0n) is 24.4. The van der Waals surface area contributed by atoms with Crippen LogP contribution in [0, 0.1) is 17.8 Å². The highest BCUT2D eigenvalue weighted by Crippen LogP contribution is 2.59. The molecule has 0 N–H and O–H groups in total. The molecule has 0 bridgehead atoms. The molecule has 1 aliphatic carbocycles. The molecule has 222 valence electrons. The van der Waals surface area contributed by atoms with Gasteiger partial charge < -0.3 is 23.8 Å². The predicted octanol–water partition coefficient (Wildman–Crippen LogP) is 5.28. The minimum absolute atomic E-state index is 0.0243. The van der Waals surface area contributed by atoms with Crippen LogP contribution in [0.1, 0.15) is 72.6 Å². The third kappa shape index (κ3) is 6.62. The zero-order valence-corrected chi connectivity index (χ0v) is 24.4. The van der Waals surface area contributed by atoms with Gasteiger partial charge in [0.15, 0.2) is 0 Å². The first-order chi connectivity index (χ1) is 18.4. The summed E-state index contributed by atoms with van der Waals surface area (Å²) in [5.74, 6) is -1.51. The number of likely N-dealkylation sites (tertiary alicyclic amines) is 2. The fraction of sp³-hybridized carbons (Fsp3) is 0.900. The largest absolute Gasteiger partial charge is 0.443 e. The highest BCUT2D eigenvalue weighted by Gasteiger charge is 2.72. The van der Waals surface area contributed by atoms with Crippen molar-refractivity contribution < 1.29 is 32.5 Å². The van der Waals surface area contributed by atoms with Crippen LogP contribution in [-0.4, -0.2) is 97.8 Å². The Bertz CT molecular complexity index is 904. The molecule has 4 aliphatic heterocycles. The smallest absolute Gasteiger partial charge is 0.410 e. The van der Waals surface area contributed by atoms with Gasteiger partial charge in [0.05, 0.1) is 25.2 Å². The molecule has 9 heteroatoms. The number of piperidine rings is 1. The number of carbonyl (C=O) groups excluding carboxylic acids is 1. The summed E-state index contributed by atoms with van der Waals surface area (Å²) in [5.41, 5.74) is 0.707. The number of carbonyl (C=O) groups is 1. The lowest BCUT2D eigenvalue weighted by Crippen LogP contribution is -2.57. The van der Waals surface area contributed by atoms with Gasteiger partial charge in [-0.05, 0) is 90.6 Å². The van der Waals surface area contributed by atoms with E-state index in [9.17, 15) is 13.6 Å². The maximum absolute atomic E-state index is 13.3. The molecule has 1 spiro atoms. The molecule has 0 radical (unpaired) electrons. The Labute approximate surface area is 232 Å². The number of rotatable bonds is 10. The minimum atomic E-state index is -2.62. The second kappa shape index (κ2) is 11.2. The summed E-state index contributed by atoms with van der Waals surface area (Å²) in [5, 5.41) is 0. The number of hydrogen-bond acceptors (Lipinski definition) is 6. The van der Waals surface area contributed by atoms with Crippen LogP contribution < -0.4 is 0 Å². The monoisotopic (exact) mass is 554 g/mol. The Morgan fingerprint density at radius 1 is 1.13 bits per heavy atom. The zero-order chi connectivity index (χ0) is 28.0. The standard InChI is InChI=1S/C30H48F2N2O5/c1-20(2)6-9-24-29(4,39-24)26-25(36-5)23(10-13-30(26)19-37-30)38-27(35)34-16-22(17-34)8-7-21-11-14-33(15-12-21)18-28(3,31)32/h6,21-26H,7-19H2,1-5H3/t23-,24-,25-,26-,29+,30+/m1/s1. The molecular formula is C30H48F2N2O5. The van der Waals surface area contributed by atoms with E-state index in [4.69, 9.17) is 18.9 Å². The predicted molar refractivity (Wildman–Crippen MR) is 144 cm³/mol. The minimum Gasteiger partial charge on any atom is -0.443 e. The molecular weight excluding hydrogens is 506 g/mol. The SMILES string of the molecule is CO[C@@H]1[C@H](OC(=O)N2CC(CCC3CCN(CC(C)(F)F)CC3)C2)CC[C@]2(CO2)[C@H]1[C@@]1(C)O[C@@H]1CC=C(C)C. The quantitative estimate of drug-likeness (QED) is 0.271. The Balaban J connectivity index is 1.06. The Hall–Kier alpha value is -1.29. The van der Waals surface area contributed by atoms with Crippen LogP contribution in [0.4, 0.5) is 13.6 Å². The number of allylic oxidation sites excluding steroid dienone is 1. The maximum atomic E-state index is 13.3. The van der Waals surface area contributed by atoms with Gasteiger partial charge >= 0.3 is 6.09 Å². The van der Waals surface area contributed by atoms with Gasteiger partial charge in [0.2, 0.25) is 0 Å². The highest BCUT2D eigenvalue weighted by molar-refractivity contribution is 5.69. The second-order valence-electron chi connectivity index (χ2n) is 13.4. The van der Waals surface area contributed by atoms with Crippen LogP contribution in [0.2, 0.25) is 0 Å². The van der Waals surface area contributed by atoms with Crippen LogP contribution in [-0.2, 0) is 18.9 Å². The molecule has 4 saturated heterocycles. The van der Waals surface area contributed by atoms with Gasteiger partial charge in [-0.1, -0.05) is 11.6 Å². The lowest BCUT2D eigenvalue weighted by Gasteiger charge is -2.44. The summed E-state index contributed by atoms with van der Waals surface area (Å²) in [6.45, 7) is 10.9. The summed E-state index contributed by atoms with van der Waals surface area (Å²) in [4.78, 5) is 16.8. The van der Waals surface area contributed by atoms with Gasteiger partial charge in [0.25, 0.3) is 5.92 Å². The first-order valence-electron chi connectivity index (χ1n) is 15.0. The van der Waals surface area contributed by atoms with Crippen LogP contribution in [0.25, 0.3) is 0 Å². The Morgan fingerprint density at radius 2 is 1.79 bits per heavy atom. The number of hydrogen-bond donors (Lipinski definition) is 0. The Morgan fingerprint density at radius 3 is 2.38 bits per heavy atom. The van der Waals surface area contributed by atoms with Gasteiger partial charge in [0.1, 0.15) is 23.4 Å². The third-order valence-electron chi connectivity index (χ3n) is 9.90. The number of methoxy groups -OCH3 is 1. The summed E-state index contributed by atoms with van der Waals surface area (Å²) in [6.07, 6.45) is 8.12. The molecule has 0 unspecified atom stereocenters. The van der Waals surface area contributed by atoms with Gasteiger partial charge in [0, 0.05) is 27.1 Å². The van der Waals surface area contributed by atoms with Crippen molar-refractivity contribution in [1.82, 2.24) is 9.80 Å². The summed E-state index contributed by atoms with van der Waals surface area (Å²) >= 11 is 0. The van der Waals surface area contributed by atoms with E-state index < -0.39 is 5.92 Å². The van der Waals surface area contributed by atoms with Crippen LogP contribution in [0.5, 0.6) is 0 Å². The summed E-state index contributed by atoms with van der Waals surface area (Å²) in [6, 6.07) is 0. The number of epoxide rings is 2. The maximum Gasteiger partial charge on any atom is 0.410 e. The number of ether oxygens (including phenoxy) is 4. The highest BCUT2D eigenvalue weighted by atomic mass is 19.3. The van der Waals surface area contributed by atoms with E-state index in [0.717, 1.165) is 78.0 Å². The van der Waals surface area contributed by atoms with Gasteiger partial charge in [-0.25, -0.2) is 13.6 Å². The average Bonchev–Trinajstić information content (AvgIpc) is 3.75. The molecule has 5 rings (SSSR count). The first kappa shape index (κ1) is 29.2. The van der Waals surface area contributed by atoms with Crippen LogP contribution >= 0.6 is 0 Å². The van der Waals surface area contributed by atoms with Crippen LogP contribution in [0.15, 0.2) is 11.6 Å². The van der Waals surface area contributed by atoms with E-state index >= 15 is 0 Å². The van der Waals surface area contributed by atoms with Crippen molar-refractivity contribution in [2.45, 2.75) is 108 Å². The molecule has 1 saturated carbocycles. The Kier molecular flexibility index (Phi) is 8.37. The van der Waals surface area contributed by atoms with E-state index in [1.807, 2.05) is 9.80 Å². The summed E-state index contributed by atoms with van der Waals surface area (Å²) in [7, 11) is 1.70. The summed E-state index contributed by atoms with van der Waals surface area (Å²) < 4.78 is 50.9. The number of halogens is 2. The van der Waals surface area contributed by atoms with Gasteiger partial charge in [-0.3, -0.25) is 4.90 Å². The first-order valence-corrected chi connectivity index (χ1v) is 15.0. The average molecular weight is 555 g/mol. The van der Waals surface area contributed by atoms with Gasteiger partial charge in [-0.2, -0.15) is 0 Å². The molecule has 0 aromatic heterocycles. The topological polar surface area (TPSA) is 67.1 Å². The van der Waals surface area contributed by atoms with E-state index in [-0.39, 0.29) is 48.1 Å². The van der Waals surface area contributed by atoms with Crippen molar-refractivity contribution in [1.29, 1.82) is 0 Å². The molecule has 1 amide bonds. The molecule has 7 nitrogen and oxygen atoms in total. The number of amides is 1. The van der Waals surface area contributed by atoms with Gasteiger partial charge in [-0.15, -0.1) is 0 Å². The molecule has 5 fully saturated rings. The molecule has 6 atom stereocenters.